The van der Waals surface area contributed by atoms with Crippen LogP contribution >= 0.6 is 0 Å². The Morgan fingerprint density at radius 3 is 2.19 bits per heavy atom. The molecule has 0 aliphatic carbocycles. The summed E-state index contributed by atoms with van der Waals surface area (Å²) in [6.07, 6.45) is 17.9. The lowest BCUT2D eigenvalue weighted by atomic mass is 10.1. The molecule has 0 fully saturated rings. The quantitative estimate of drug-likeness (QED) is 0.647. The van der Waals surface area contributed by atoms with Crippen molar-refractivity contribution in [1.82, 2.24) is 9.55 Å². The first kappa shape index (κ1) is 11.7. The predicted molar refractivity (Wildman–Crippen MR) is 67.5 cm³/mol. The van der Waals surface area contributed by atoms with Crippen molar-refractivity contribution >= 4 is 0 Å². The van der Waals surface area contributed by atoms with Crippen molar-refractivity contribution in [3.8, 4) is 0 Å². The average molecular weight is 220 g/mol. The van der Waals surface area contributed by atoms with E-state index < -0.39 is 0 Å². The summed E-state index contributed by atoms with van der Waals surface area (Å²) in [5, 5.41) is 0. The summed E-state index contributed by atoms with van der Waals surface area (Å²) in [5.41, 5.74) is 0. The van der Waals surface area contributed by atoms with Gasteiger partial charge in [-0.2, -0.15) is 0 Å². The SMILES string of the molecule is c1cn2c(n1)CCCCCCCCCCC2. The standard InChI is InChI=1S/C14H24N2/c1-2-4-6-8-10-14-15-11-13-16(14)12-9-7-5-3-1/h11,13H,1-10,12H2. The molecule has 1 aromatic heterocycles. The van der Waals surface area contributed by atoms with Crippen molar-refractivity contribution in [2.24, 2.45) is 0 Å². The van der Waals surface area contributed by atoms with Crippen molar-refractivity contribution in [1.29, 1.82) is 0 Å². The molecule has 0 saturated heterocycles. The van der Waals surface area contributed by atoms with Crippen LogP contribution in [0.4, 0.5) is 0 Å². The van der Waals surface area contributed by atoms with Gasteiger partial charge >= 0.3 is 0 Å². The first-order valence-corrected chi connectivity index (χ1v) is 6.97. The Hall–Kier alpha value is -0.790. The summed E-state index contributed by atoms with van der Waals surface area (Å²) in [4.78, 5) is 4.47. The zero-order valence-corrected chi connectivity index (χ0v) is 10.3. The minimum atomic E-state index is 1.17. The highest BCUT2D eigenvalue weighted by Gasteiger charge is 2.03. The number of fused-ring (bicyclic) bond motifs is 1. The summed E-state index contributed by atoms with van der Waals surface area (Å²) in [6.45, 7) is 1.18. The number of hydrogen-bond acceptors (Lipinski definition) is 1. The van der Waals surface area contributed by atoms with Gasteiger partial charge in [-0.1, -0.05) is 44.9 Å². The third kappa shape index (κ3) is 3.66. The summed E-state index contributed by atoms with van der Waals surface area (Å²) < 4.78 is 2.36. The van der Waals surface area contributed by atoms with Crippen LogP contribution in [-0.2, 0) is 13.0 Å². The highest BCUT2D eigenvalue weighted by molar-refractivity contribution is 4.92. The Labute approximate surface area is 99.1 Å². The normalized spacial score (nSPS) is 20.2. The highest BCUT2D eigenvalue weighted by atomic mass is 15.1. The molecule has 2 rings (SSSR count). The molecule has 2 heteroatoms. The van der Waals surface area contributed by atoms with Gasteiger partial charge < -0.3 is 4.57 Å². The molecule has 0 saturated carbocycles. The molecule has 1 aliphatic rings. The number of hydrogen-bond donors (Lipinski definition) is 0. The molecule has 0 aromatic carbocycles. The number of aryl methyl sites for hydroxylation is 2. The minimum absolute atomic E-state index is 1.17. The third-order valence-corrected chi connectivity index (χ3v) is 3.60. The molecule has 0 spiro atoms. The largest absolute Gasteiger partial charge is 0.335 e. The average Bonchev–Trinajstić information content (AvgIpc) is 2.73. The van der Waals surface area contributed by atoms with Gasteiger partial charge in [0.25, 0.3) is 0 Å². The summed E-state index contributed by atoms with van der Waals surface area (Å²) in [7, 11) is 0. The molecule has 0 atom stereocenters. The van der Waals surface area contributed by atoms with Crippen LogP contribution in [0.1, 0.15) is 63.6 Å². The molecular weight excluding hydrogens is 196 g/mol. The van der Waals surface area contributed by atoms with Gasteiger partial charge in [0.1, 0.15) is 5.82 Å². The minimum Gasteiger partial charge on any atom is -0.335 e. The van der Waals surface area contributed by atoms with E-state index in [-0.39, 0.29) is 0 Å². The van der Waals surface area contributed by atoms with Crippen LogP contribution in [0.2, 0.25) is 0 Å². The maximum Gasteiger partial charge on any atom is 0.108 e. The van der Waals surface area contributed by atoms with Gasteiger partial charge in [0.05, 0.1) is 0 Å². The molecule has 1 aromatic rings. The van der Waals surface area contributed by atoms with Crippen LogP contribution in [-0.4, -0.2) is 9.55 Å². The lowest BCUT2D eigenvalue weighted by molar-refractivity contribution is 0.544. The van der Waals surface area contributed by atoms with E-state index >= 15 is 0 Å². The molecule has 90 valence electrons. The van der Waals surface area contributed by atoms with E-state index in [4.69, 9.17) is 0 Å². The van der Waals surface area contributed by atoms with Crippen molar-refractivity contribution in [2.45, 2.75) is 70.8 Å². The van der Waals surface area contributed by atoms with E-state index in [0.717, 1.165) is 0 Å². The van der Waals surface area contributed by atoms with E-state index in [1.165, 1.54) is 76.6 Å². The Bertz CT molecular complexity index is 264. The van der Waals surface area contributed by atoms with Gasteiger partial charge in [-0.15, -0.1) is 0 Å². The number of nitrogens with zero attached hydrogens (tertiary/aromatic N) is 2. The van der Waals surface area contributed by atoms with Gasteiger partial charge in [-0.25, -0.2) is 4.98 Å². The van der Waals surface area contributed by atoms with E-state index in [2.05, 4.69) is 15.7 Å². The van der Waals surface area contributed by atoms with Crippen LogP contribution < -0.4 is 0 Å². The summed E-state index contributed by atoms with van der Waals surface area (Å²) >= 11 is 0. The Morgan fingerprint density at radius 1 is 0.812 bits per heavy atom. The number of imidazole rings is 1. The fourth-order valence-electron chi connectivity index (χ4n) is 2.57. The van der Waals surface area contributed by atoms with E-state index in [1.54, 1.807) is 0 Å². The van der Waals surface area contributed by atoms with Crippen LogP contribution in [0.5, 0.6) is 0 Å². The van der Waals surface area contributed by atoms with Crippen LogP contribution in [0.15, 0.2) is 12.4 Å². The predicted octanol–water partition coefficient (Wildman–Crippen LogP) is 3.95. The second-order valence-corrected chi connectivity index (χ2v) is 4.97. The fourth-order valence-corrected chi connectivity index (χ4v) is 2.57. The van der Waals surface area contributed by atoms with Gasteiger partial charge in [0, 0.05) is 25.4 Å². The zero-order chi connectivity index (χ0) is 11.1. The Balaban J connectivity index is 1.88. The molecule has 0 bridgehead atoms. The third-order valence-electron chi connectivity index (χ3n) is 3.60. The summed E-state index contributed by atoms with van der Waals surface area (Å²) in [5.74, 6) is 1.30. The smallest absolute Gasteiger partial charge is 0.108 e. The Kier molecular flexibility index (Phi) is 4.91. The second-order valence-electron chi connectivity index (χ2n) is 4.97. The van der Waals surface area contributed by atoms with Crippen molar-refractivity contribution in [3.63, 3.8) is 0 Å². The second kappa shape index (κ2) is 6.72. The van der Waals surface area contributed by atoms with Crippen molar-refractivity contribution in [2.75, 3.05) is 0 Å². The first-order valence-electron chi connectivity index (χ1n) is 6.97. The molecule has 0 radical (unpaired) electrons. The van der Waals surface area contributed by atoms with Crippen LogP contribution in [0.25, 0.3) is 0 Å². The molecule has 0 N–H and O–H groups in total. The molecular formula is C14H24N2. The maximum absolute atomic E-state index is 4.47. The number of aromatic nitrogens is 2. The lowest BCUT2D eigenvalue weighted by Crippen LogP contribution is -2.03. The lowest BCUT2D eigenvalue weighted by Gasteiger charge is -2.06. The molecule has 0 unspecified atom stereocenters. The van der Waals surface area contributed by atoms with E-state index in [9.17, 15) is 0 Å². The number of rotatable bonds is 0. The zero-order valence-electron chi connectivity index (χ0n) is 10.3. The summed E-state index contributed by atoms with van der Waals surface area (Å²) in [6, 6.07) is 0. The van der Waals surface area contributed by atoms with E-state index in [0.29, 0.717) is 0 Å². The molecule has 0 amide bonds. The fraction of sp³-hybridized carbons (Fsp3) is 0.786. The maximum atomic E-state index is 4.47. The topological polar surface area (TPSA) is 17.8 Å². The van der Waals surface area contributed by atoms with Crippen molar-refractivity contribution in [3.05, 3.63) is 18.2 Å². The van der Waals surface area contributed by atoms with Crippen LogP contribution in [0.3, 0.4) is 0 Å². The van der Waals surface area contributed by atoms with Gasteiger partial charge in [0.15, 0.2) is 0 Å². The van der Waals surface area contributed by atoms with Crippen LogP contribution in [0, 0.1) is 0 Å². The van der Waals surface area contributed by atoms with E-state index in [1.807, 2.05) is 6.20 Å². The van der Waals surface area contributed by atoms with Crippen molar-refractivity contribution < 1.29 is 0 Å². The van der Waals surface area contributed by atoms with Gasteiger partial charge in [-0.3, -0.25) is 0 Å². The monoisotopic (exact) mass is 220 g/mol. The van der Waals surface area contributed by atoms with Gasteiger partial charge in [0.2, 0.25) is 0 Å². The van der Waals surface area contributed by atoms with Gasteiger partial charge in [-0.05, 0) is 12.8 Å². The molecule has 2 heterocycles. The molecule has 2 nitrogen and oxygen atoms in total. The first-order chi connectivity index (χ1) is 7.97. The molecule has 16 heavy (non-hydrogen) atoms. The highest BCUT2D eigenvalue weighted by Crippen LogP contribution is 2.14. The molecule has 1 aliphatic heterocycles. The Morgan fingerprint density at radius 2 is 1.44 bits per heavy atom.